The molecular formula is C18H14Cl2N4O3. The van der Waals surface area contributed by atoms with E-state index in [0.29, 0.717) is 21.5 Å². The van der Waals surface area contributed by atoms with Gasteiger partial charge in [-0.25, -0.2) is 4.98 Å². The molecule has 27 heavy (non-hydrogen) atoms. The molecule has 0 atom stereocenters. The third-order valence-electron chi connectivity index (χ3n) is 3.64. The van der Waals surface area contributed by atoms with Crippen molar-refractivity contribution in [2.24, 2.45) is 0 Å². The maximum atomic E-state index is 11.6. The zero-order chi connectivity index (χ0) is 19.4. The molecule has 0 aliphatic carbocycles. The average molecular weight is 405 g/mol. The van der Waals surface area contributed by atoms with E-state index in [4.69, 9.17) is 27.9 Å². The van der Waals surface area contributed by atoms with Crippen LogP contribution in [0.1, 0.15) is 12.5 Å². The third kappa shape index (κ3) is 4.64. The fraction of sp³-hybridized carbons (Fsp3) is 0.111. The summed E-state index contributed by atoms with van der Waals surface area (Å²) < 4.78 is 5.61. The van der Waals surface area contributed by atoms with E-state index in [-0.39, 0.29) is 11.7 Å². The van der Waals surface area contributed by atoms with Crippen molar-refractivity contribution in [3.63, 3.8) is 0 Å². The fourth-order valence-electron chi connectivity index (χ4n) is 2.36. The standard InChI is InChI=1S/C18H14Cl2N4O3/c1-2-11-3-5-15(6-4-11)27-18-16(24(25)26)17(21-10-22-18)23-14-8-12(19)7-13(20)9-14/h3-10H,2H2,1H3,(H,21,22,23). The van der Waals surface area contributed by atoms with E-state index < -0.39 is 10.6 Å². The van der Waals surface area contributed by atoms with E-state index >= 15 is 0 Å². The lowest BCUT2D eigenvalue weighted by molar-refractivity contribution is -0.385. The molecule has 7 nitrogen and oxygen atoms in total. The maximum absolute atomic E-state index is 11.6. The first kappa shape index (κ1) is 18.9. The van der Waals surface area contributed by atoms with Gasteiger partial charge in [0.1, 0.15) is 12.1 Å². The zero-order valence-electron chi connectivity index (χ0n) is 14.1. The number of nitrogens with zero attached hydrogens (tertiary/aromatic N) is 3. The van der Waals surface area contributed by atoms with Crippen LogP contribution in [-0.2, 0) is 6.42 Å². The molecule has 1 N–H and O–H groups in total. The third-order valence-corrected chi connectivity index (χ3v) is 4.08. The van der Waals surface area contributed by atoms with E-state index in [1.54, 1.807) is 30.3 Å². The first-order chi connectivity index (χ1) is 13.0. The second-order valence-electron chi connectivity index (χ2n) is 5.52. The first-order valence-corrected chi connectivity index (χ1v) is 8.71. The molecule has 0 saturated heterocycles. The molecule has 2 aromatic carbocycles. The summed E-state index contributed by atoms with van der Waals surface area (Å²) >= 11 is 11.9. The molecule has 0 radical (unpaired) electrons. The number of aromatic nitrogens is 2. The molecule has 0 unspecified atom stereocenters. The largest absolute Gasteiger partial charge is 0.434 e. The Labute approximate surface area is 165 Å². The van der Waals surface area contributed by atoms with Gasteiger partial charge in [0, 0.05) is 15.7 Å². The molecule has 0 fully saturated rings. The van der Waals surface area contributed by atoms with Gasteiger partial charge >= 0.3 is 11.6 Å². The summed E-state index contributed by atoms with van der Waals surface area (Å²) in [6.45, 7) is 2.03. The summed E-state index contributed by atoms with van der Waals surface area (Å²) in [4.78, 5) is 18.9. The predicted octanol–water partition coefficient (Wildman–Crippen LogP) is 5.79. The van der Waals surface area contributed by atoms with Gasteiger partial charge in [-0.1, -0.05) is 42.3 Å². The van der Waals surface area contributed by atoms with E-state index in [0.717, 1.165) is 12.0 Å². The van der Waals surface area contributed by atoms with Crippen molar-refractivity contribution in [2.45, 2.75) is 13.3 Å². The van der Waals surface area contributed by atoms with Crippen molar-refractivity contribution in [3.05, 3.63) is 74.5 Å². The minimum Gasteiger partial charge on any atom is -0.434 e. The van der Waals surface area contributed by atoms with Crippen LogP contribution in [0.3, 0.4) is 0 Å². The van der Waals surface area contributed by atoms with Gasteiger partial charge in [-0.05, 0) is 42.3 Å². The van der Waals surface area contributed by atoms with Crippen LogP contribution in [-0.4, -0.2) is 14.9 Å². The Kier molecular flexibility index (Phi) is 5.73. The summed E-state index contributed by atoms with van der Waals surface area (Å²) in [5, 5.41) is 15.2. The number of nitro groups is 1. The molecule has 0 amide bonds. The van der Waals surface area contributed by atoms with E-state index in [2.05, 4.69) is 15.3 Å². The topological polar surface area (TPSA) is 90.2 Å². The summed E-state index contributed by atoms with van der Waals surface area (Å²) in [7, 11) is 0. The molecule has 0 spiro atoms. The van der Waals surface area contributed by atoms with Crippen LogP contribution in [0.2, 0.25) is 10.0 Å². The first-order valence-electron chi connectivity index (χ1n) is 7.95. The molecule has 3 aromatic rings. The predicted molar refractivity (Wildman–Crippen MR) is 104 cm³/mol. The Hall–Kier alpha value is -2.90. The van der Waals surface area contributed by atoms with E-state index in [1.807, 2.05) is 19.1 Å². The van der Waals surface area contributed by atoms with Crippen molar-refractivity contribution in [2.75, 3.05) is 5.32 Å². The van der Waals surface area contributed by atoms with Gasteiger partial charge in [-0.3, -0.25) is 10.1 Å². The highest BCUT2D eigenvalue weighted by Gasteiger charge is 2.25. The number of nitrogens with one attached hydrogen (secondary N) is 1. The van der Waals surface area contributed by atoms with Crippen molar-refractivity contribution < 1.29 is 9.66 Å². The minimum absolute atomic E-state index is 0.0338. The summed E-state index contributed by atoms with van der Waals surface area (Å²) in [5.74, 6) is 0.231. The molecule has 3 rings (SSSR count). The zero-order valence-corrected chi connectivity index (χ0v) is 15.7. The van der Waals surface area contributed by atoms with Crippen LogP contribution in [0.25, 0.3) is 0 Å². The lowest BCUT2D eigenvalue weighted by Crippen LogP contribution is -2.03. The van der Waals surface area contributed by atoms with Gasteiger partial charge in [0.25, 0.3) is 0 Å². The van der Waals surface area contributed by atoms with Crippen LogP contribution in [0, 0.1) is 10.1 Å². The van der Waals surface area contributed by atoms with Crippen LogP contribution in [0.15, 0.2) is 48.8 Å². The number of anilines is 2. The minimum atomic E-state index is -0.607. The molecule has 0 bridgehead atoms. The van der Waals surface area contributed by atoms with Gasteiger partial charge in [0.05, 0.1) is 4.92 Å². The van der Waals surface area contributed by atoms with Gasteiger partial charge < -0.3 is 10.1 Å². The maximum Gasteiger partial charge on any atom is 0.373 e. The molecule has 0 aliphatic rings. The quantitative estimate of drug-likeness (QED) is 0.412. The summed E-state index contributed by atoms with van der Waals surface area (Å²) in [5.41, 5.74) is 1.18. The number of hydrogen-bond acceptors (Lipinski definition) is 6. The number of benzene rings is 2. The Balaban J connectivity index is 1.95. The number of halogens is 2. The summed E-state index contributed by atoms with van der Waals surface area (Å²) in [6, 6.07) is 11.9. The van der Waals surface area contributed by atoms with Crippen LogP contribution < -0.4 is 10.1 Å². The highest BCUT2D eigenvalue weighted by molar-refractivity contribution is 6.35. The molecular weight excluding hydrogens is 391 g/mol. The molecule has 1 heterocycles. The fourth-order valence-corrected chi connectivity index (χ4v) is 2.89. The monoisotopic (exact) mass is 404 g/mol. The van der Waals surface area contributed by atoms with Crippen molar-refractivity contribution in [1.29, 1.82) is 0 Å². The normalized spacial score (nSPS) is 10.5. The molecule has 9 heteroatoms. The smallest absolute Gasteiger partial charge is 0.373 e. The van der Waals surface area contributed by atoms with Crippen LogP contribution >= 0.6 is 23.2 Å². The second kappa shape index (κ2) is 8.20. The highest BCUT2D eigenvalue weighted by atomic mass is 35.5. The van der Waals surface area contributed by atoms with Gasteiger partial charge in [0.2, 0.25) is 5.82 Å². The van der Waals surface area contributed by atoms with Crippen molar-refractivity contribution in [3.8, 4) is 11.6 Å². The highest BCUT2D eigenvalue weighted by Crippen LogP contribution is 2.36. The SMILES string of the molecule is CCc1ccc(Oc2ncnc(Nc3cc(Cl)cc(Cl)c3)c2[N+](=O)[O-])cc1. The summed E-state index contributed by atoms with van der Waals surface area (Å²) in [6.07, 6.45) is 2.06. The van der Waals surface area contributed by atoms with Gasteiger partial charge in [0.15, 0.2) is 0 Å². The lowest BCUT2D eigenvalue weighted by atomic mass is 10.2. The number of aryl methyl sites for hydroxylation is 1. The van der Waals surface area contributed by atoms with Crippen LogP contribution in [0.4, 0.5) is 17.2 Å². The molecule has 0 aliphatic heterocycles. The van der Waals surface area contributed by atoms with Gasteiger partial charge in [-0.2, -0.15) is 4.98 Å². The Morgan fingerprint density at radius 1 is 1.11 bits per heavy atom. The molecule has 138 valence electrons. The second-order valence-corrected chi connectivity index (χ2v) is 6.39. The van der Waals surface area contributed by atoms with Crippen LogP contribution in [0.5, 0.6) is 11.6 Å². The van der Waals surface area contributed by atoms with E-state index in [9.17, 15) is 10.1 Å². The van der Waals surface area contributed by atoms with Gasteiger partial charge in [-0.15, -0.1) is 0 Å². The Bertz CT molecular complexity index is 961. The lowest BCUT2D eigenvalue weighted by Gasteiger charge is -2.10. The number of rotatable bonds is 6. The molecule has 1 aromatic heterocycles. The number of hydrogen-bond donors (Lipinski definition) is 1. The average Bonchev–Trinajstić information content (AvgIpc) is 2.61. The molecule has 0 saturated carbocycles. The van der Waals surface area contributed by atoms with Crippen molar-refractivity contribution >= 4 is 40.4 Å². The Morgan fingerprint density at radius 3 is 2.37 bits per heavy atom. The number of ether oxygens (including phenoxy) is 1. The van der Waals surface area contributed by atoms with E-state index in [1.165, 1.54) is 6.33 Å². The van der Waals surface area contributed by atoms with Crippen molar-refractivity contribution in [1.82, 2.24) is 9.97 Å². The Morgan fingerprint density at radius 2 is 1.78 bits per heavy atom.